The van der Waals surface area contributed by atoms with Crippen molar-refractivity contribution >= 4 is 17.5 Å². The number of aliphatic hydroxyl groups excluding tert-OH is 1. The number of carbonyl (C=O) groups excluding carboxylic acids is 1. The fourth-order valence-electron chi connectivity index (χ4n) is 2.97. The van der Waals surface area contributed by atoms with Crippen molar-refractivity contribution in [2.45, 2.75) is 46.6 Å². The summed E-state index contributed by atoms with van der Waals surface area (Å²) < 4.78 is 1.65. The SMILES string of the molecule is CCn1nc(C)c(C(=O)N2CCC(CC)(CO)CC2)c1Cl. The van der Waals surface area contributed by atoms with Crippen molar-refractivity contribution in [3.63, 3.8) is 0 Å². The molecule has 1 aliphatic rings. The topological polar surface area (TPSA) is 58.4 Å². The van der Waals surface area contributed by atoms with Gasteiger partial charge in [0.25, 0.3) is 5.91 Å². The van der Waals surface area contributed by atoms with Gasteiger partial charge in [0.05, 0.1) is 11.3 Å². The van der Waals surface area contributed by atoms with E-state index in [1.54, 1.807) is 4.68 Å². The molecule has 1 N–H and O–H groups in total. The Labute approximate surface area is 130 Å². The van der Waals surface area contributed by atoms with Crippen molar-refractivity contribution in [3.8, 4) is 0 Å². The molecule has 0 bridgehead atoms. The van der Waals surface area contributed by atoms with Crippen molar-refractivity contribution < 1.29 is 9.90 Å². The minimum Gasteiger partial charge on any atom is -0.396 e. The lowest BCUT2D eigenvalue weighted by Gasteiger charge is -2.40. The van der Waals surface area contributed by atoms with Crippen molar-refractivity contribution in [2.75, 3.05) is 19.7 Å². The summed E-state index contributed by atoms with van der Waals surface area (Å²) in [6.07, 6.45) is 2.62. The summed E-state index contributed by atoms with van der Waals surface area (Å²) >= 11 is 6.27. The van der Waals surface area contributed by atoms with Gasteiger partial charge in [-0.05, 0) is 38.5 Å². The molecule has 1 fully saturated rings. The largest absolute Gasteiger partial charge is 0.396 e. The number of halogens is 1. The molecule has 2 heterocycles. The molecule has 1 aromatic rings. The van der Waals surface area contributed by atoms with Gasteiger partial charge >= 0.3 is 0 Å². The van der Waals surface area contributed by atoms with Crippen LogP contribution in [0.25, 0.3) is 0 Å². The van der Waals surface area contributed by atoms with E-state index in [1.807, 2.05) is 18.7 Å². The molecule has 6 heteroatoms. The molecule has 0 radical (unpaired) electrons. The quantitative estimate of drug-likeness (QED) is 0.929. The maximum Gasteiger partial charge on any atom is 0.258 e. The first kappa shape index (κ1) is 16.3. The molecule has 1 amide bonds. The molecule has 0 saturated carbocycles. The fourth-order valence-corrected chi connectivity index (χ4v) is 3.35. The van der Waals surface area contributed by atoms with E-state index in [2.05, 4.69) is 12.0 Å². The van der Waals surface area contributed by atoms with Gasteiger partial charge in [-0.3, -0.25) is 9.48 Å². The number of aliphatic hydroxyl groups is 1. The van der Waals surface area contributed by atoms with Gasteiger partial charge in [-0.1, -0.05) is 18.5 Å². The first-order valence-corrected chi connectivity index (χ1v) is 7.99. The number of aromatic nitrogens is 2. The number of hydrogen-bond acceptors (Lipinski definition) is 3. The Morgan fingerprint density at radius 2 is 2.00 bits per heavy atom. The molecule has 2 rings (SSSR count). The normalized spacial score (nSPS) is 18.0. The summed E-state index contributed by atoms with van der Waals surface area (Å²) in [6, 6.07) is 0. The van der Waals surface area contributed by atoms with Crippen LogP contribution in [0.1, 0.15) is 49.2 Å². The van der Waals surface area contributed by atoms with Crippen LogP contribution in [0.3, 0.4) is 0 Å². The highest BCUT2D eigenvalue weighted by atomic mass is 35.5. The maximum atomic E-state index is 12.7. The van der Waals surface area contributed by atoms with Crippen LogP contribution in [0.15, 0.2) is 0 Å². The Morgan fingerprint density at radius 1 is 1.38 bits per heavy atom. The second-order valence-electron chi connectivity index (χ2n) is 5.87. The Balaban J connectivity index is 2.14. The zero-order chi connectivity index (χ0) is 15.6. The van der Waals surface area contributed by atoms with Crippen LogP contribution in [0.2, 0.25) is 5.15 Å². The highest BCUT2D eigenvalue weighted by Gasteiger charge is 2.35. The minimum atomic E-state index is -0.0418. The fraction of sp³-hybridized carbons (Fsp3) is 0.733. The van der Waals surface area contributed by atoms with E-state index in [9.17, 15) is 9.90 Å². The summed E-state index contributed by atoms with van der Waals surface area (Å²) in [5.41, 5.74) is 1.18. The molecule has 0 unspecified atom stereocenters. The Hall–Kier alpha value is -1.07. The van der Waals surface area contributed by atoms with E-state index >= 15 is 0 Å². The molecule has 0 atom stereocenters. The molecule has 1 aromatic heterocycles. The summed E-state index contributed by atoms with van der Waals surface area (Å²) in [6.45, 7) is 8.04. The van der Waals surface area contributed by atoms with Crippen LogP contribution in [0.4, 0.5) is 0 Å². The summed E-state index contributed by atoms with van der Waals surface area (Å²) in [7, 11) is 0. The van der Waals surface area contributed by atoms with Gasteiger partial charge in [0.2, 0.25) is 0 Å². The van der Waals surface area contributed by atoms with Gasteiger partial charge in [0.1, 0.15) is 5.15 Å². The first-order valence-electron chi connectivity index (χ1n) is 7.61. The number of likely N-dealkylation sites (tertiary alicyclic amines) is 1. The molecular formula is C15H24ClN3O2. The number of nitrogens with zero attached hydrogens (tertiary/aromatic N) is 3. The molecule has 1 saturated heterocycles. The zero-order valence-corrected chi connectivity index (χ0v) is 13.8. The predicted molar refractivity (Wildman–Crippen MR) is 82.6 cm³/mol. The predicted octanol–water partition coefficient (Wildman–Crippen LogP) is 2.49. The lowest BCUT2D eigenvalue weighted by Crippen LogP contribution is -2.44. The smallest absolute Gasteiger partial charge is 0.258 e. The average Bonchev–Trinajstić information content (AvgIpc) is 2.81. The third kappa shape index (κ3) is 2.94. The Kier molecular flexibility index (Phi) is 4.94. The van der Waals surface area contributed by atoms with Gasteiger partial charge < -0.3 is 10.0 Å². The molecule has 0 aliphatic carbocycles. The highest BCUT2D eigenvalue weighted by Crippen LogP contribution is 2.35. The van der Waals surface area contributed by atoms with Crippen LogP contribution >= 0.6 is 11.6 Å². The number of amides is 1. The number of carbonyl (C=O) groups is 1. The van der Waals surface area contributed by atoms with Crippen molar-refractivity contribution in [2.24, 2.45) is 5.41 Å². The standard InChI is InChI=1S/C15H24ClN3O2/c1-4-15(10-20)6-8-18(9-7-15)14(21)12-11(3)17-19(5-2)13(12)16/h20H,4-10H2,1-3H3. The Bertz CT molecular complexity index is 513. The van der Waals surface area contributed by atoms with Crippen LogP contribution < -0.4 is 0 Å². The summed E-state index contributed by atoms with van der Waals surface area (Å²) in [5, 5.41) is 14.3. The van der Waals surface area contributed by atoms with E-state index in [0.29, 0.717) is 36.0 Å². The third-order valence-corrected chi connectivity index (χ3v) is 5.16. The van der Waals surface area contributed by atoms with Crippen molar-refractivity contribution in [1.29, 1.82) is 0 Å². The van der Waals surface area contributed by atoms with Crippen LogP contribution in [-0.4, -0.2) is 45.4 Å². The van der Waals surface area contributed by atoms with Crippen molar-refractivity contribution in [1.82, 2.24) is 14.7 Å². The van der Waals surface area contributed by atoms with E-state index < -0.39 is 0 Å². The molecule has 118 valence electrons. The highest BCUT2D eigenvalue weighted by molar-refractivity contribution is 6.33. The lowest BCUT2D eigenvalue weighted by atomic mass is 9.77. The molecule has 0 spiro atoms. The number of hydrogen-bond donors (Lipinski definition) is 1. The number of piperidine rings is 1. The summed E-state index contributed by atoms with van der Waals surface area (Å²) in [5.74, 6) is -0.0418. The number of aryl methyl sites for hydroxylation is 2. The Morgan fingerprint density at radius 3 is 2.43 bits per heavy atom. The van der Waals surface area contributed by atoms with Gasteiger partial charge in [0, 0.05) is 26.2 Å². The maximum absolute atomic E-state index is 12.7. The molecule has 1 aliphatic heterocycles. The van der Waals surface area contributed by atoms with E-state index in [4.69, 9.17) is 11.6 Å². The van der Waals surface area contributed by atoms with Crippen LogP contribution in [0, 0.1) is 12.3 Å². The second kappa shape index (κ2) is 6.36. The average molecular weight is 314 g/mol. The minimum absolute atomic E-state index is 0.0246. The van der Waals surface area contributed by atoms with Crippen molar-refractivity contribution in [3.05, 3.63) is 16.4 Å². The molecule has 0 aromatic carbocycles. The second-order valence-corrected chi connectivity index (χ2v) is 6.23. The van der Waals surface area contributed by atoms with Crippen LogP contribution in [-0.2, 0) is 6.54 Å². The van der Waals surface area contributed by atoms with Gasteiger partial charge in [0.15, 0.2) is 0 Å². The van der Waals surface area contributed by atoms with Crippen LogP contribution in [0.5, 0.6) is 0 Å². The summed E-state index contributed by atoms with van der Waals surface area (Å²) in [4.78, 5) is 14.5. The third-order valence-electron chi connectivity index (χ3n) is 4.78. The van der Waals surface area contributed by atoms with Gasteiger partial charge in [-0.2, -0.15) is 5.10 Å². The lowest BCUT2D eigenvalue weighted by molar-refractivity contribution is 0.0338. The van der Waals surface area contributed by atoms with Gasteiger partial charge in [-0.15, -0.1) is 0 Å². The monoisotopic (exact) mass is 313 g/mol. The zero-order valence-electron chi connectivity index (χ0n) is 13.0. The number of rotatable bonds is 4. The van der Waals surface area contributed by atoms with E-state index in [0.717, 1.165) is 19.3 Å². The van der Waals surface area contributed by atoms with Gasteiger partial charge in [-0.25, -0.2) is 0 Å². The molecular weight excluding hydrogens is 290 g/mol. The molecule has 5 nitrogen and oxygen atoms in total. The van der Waals surface area contributed by atoms with E-state index in [-0.39, 0.29) is 17.9 Å². The van der Waals surface area contributed by atoms with E-state index in [1.165, 1.54) is 0 Å². The first-order chi connectivity index (χ1) is 9.98. The molecule has 21 heavy (non-hydrogen) atoms.